The summed E-state index contributed by atoms with van der Waals surface area (Å²) in [6, 6.07) is 6.40. The highest BCUT2D eigenvalue weighted by atomic mass is 16.3. The lowest BCUT2D eigenvalue weighted by molar-refractivity contribution is 0.112. The van der Waals surface area contributed by atoms with Crippen molar-refractivity contribution in [3.63, 3.8) is 0 Å². The Hall–Kier alpha value is -3.16. The van der Waals surface area contributed by atoms with Crippen LogP contribution < -0.4 is 11.3 Å². The molecule has 0 radical (unpaired) electrons. The largest absolute Gasteiger partial charge is 0.507 e. The summed E-state index contributed by atoms with van der Waals surface area (Å²) in [6.45, 7) is 0. The lowest BCUT2D eigenvalue weighted by Crippen LogP contribution is -2.10. The van der Waals surface area contributed by atoms with Gasteiger partial charge in [-0.1, -0.05) is 12.1 Å². The van der Waals surface area contributed by atoms with Gasteiger partial charge in [0.1, 0.15) is 5.75 Å². The van der Waals surface area contributed by atoms with Gasteiger partial charge in [0.2, 0.25) is 5.95 Å². The van der Waals surface area contributed by atoms with Crippen molar-refractivity contribution in [2.24, 2.45) is 0 Å². The van der Waals surface area contributed by atoms with E-state index in [-0.39, 0.29) is 17.3 Å². The summed E-state index contributed by atoms with van der Waals surface area (Å²) in [7, 11) is 0. The number of phenolic OH excluding ortho intramolecular Hbond substituents is 1. The number of aromatic amines is 2. The Balaban J connectivity index is 0.000000151. The van der Waals surface area contributed by atoms with Crippen LogP contribution in [0.25, 0.3) is 11.2 Å². The Labute approximate surface area is 112 Å². The fourth-order valence-electron chi connectivity index (χ4n) is 1.45. The SMILES string of the molecule is Nc1nc2nc[nH]c2c(=O)[nH]1.O=Cc1ccccc1O. The van der Waals surface area contributed by atoms with Gasteiger partial charge < -0.3 is 15.8 Å². The molecule has 20 heavy (non-hydrogen) atoms. The summed E-state index contributed by atoms with van der Waals surface area (Å²) < 4.78 is 0. The van der Waals surface area contributed by atoms with Crippen LogP contribution in [0.15, 0.2) is 35.4 Å². The van der Waals surface area contributed by atoms with Crippen LogP contribution in [0.1, 0.15) is 10.4 Å². The van der Waals surface area contributed by atoms with Crippen molar-refractivity contribution >= 4 is 23.4 Å². The molecule has 1 aromatic carbocycles. The predicted octanol–water partition coefficient (Wildman–Crippen LogP) is 0.433. The molecule has 8 nitrogen and oxygen atoms in total. The third kappa shape index (κ3) is 2.80. The van der Waals surface area contributed by atoms with E-state index in [9.17, 15) is 9.59 Å². The maximum Gasteiger partial charge on any atom is 0.278 e. The van der Waals surface area contributed by atoms with Gasteiger partial charge in [-0.15, -0.1) is 0 Å². The molecule has 8 heteroatoms. The molecule has 0 spiro atoms. The zero-order valence-corrected chi connectivity index (χ0v) is 10.2. The molecule has 0 atom stereocenters. The normalized spacial score (nSPS) is 9.80. The van der Waals surface area contributed by atoms with E-state index in [1.165, 1.54) is 12.4 Å². The Kier molecular flexibility index (Phi) is 3.75. The van der Waals surface area contributed by atoms with E-state index in [0.717, 1.165) is 0 Å². The molecule has 5 N–H and O–H groups in total. The number of imidazole rings is 1. The molecule has 0 unspecified atom stereocenters. The number of benzene rings is 1. The molecule has 0 amide bonds. The number of hydrogen-bond acceptors (Lipinski definition) is 6. The van der Waals surface area contributed by atoms with Gasteiger partial charge in [-0.05, 0) is 12.1 Å². The average molecular weight is 273 g/mol. The number of phenols is 1. The number of carbonyl (C=O) groups excluding carboxylic acids is 1. The predicted molar refractivity (Wildman–Crippen MR) is 72.4 cm³/mol. The average Bonchev–Trinajstić information content (AvgIpc) is 2.88. The number of aldehydes is 1. The second-order valence-corrected chi connectivity index (χ2v) is 3.73. The number of H-pyrrole nitrogens is 2. The van der Waals surface area contributed by atoms with E-state index >= 15 is 0 Å². The monoisotopic (exact) mass is 273 g/mol. The van der Waals surface area contributed by atoms with Crippen LogP contribution in [0.4, 0.5) is 5.95 Å². The number of anilines is 1. The van der Waals surface area contributed by atoms with E-state index in [2.05, 4.69) is 19.9 Å². The van der Waals surface area contributed by atoms with Gasteiger partial charge in [0.25, 0.3) is 5.56 Å². The number of nitrogens with one attached hydrogen (secondary N) is 2. The van der Waals surface area contributed by atoms with E-state index in [0.29, 0.717) is 23.0 Å². The molecule has 0 saturated heterocycles. The molecule has 0 aliphatic rings. The van der Waals surface area contributed by atoms with Gasteiger partial charge in [0.15, 0.2) is 17.5 Å². The summed E-state index contributed by atoms with van der Waals surface area (Å²) in [5.41, 5.74) is 5.98. The maximum atomic E-state index is 11.0. The first-order valence-electron chi connectivity index (χ1n) is 5.54. The number of nitrogens with two attached hydrogens (primary N) is 1. The minimum atomic E-state index is -0.301. The molecule has 3 aromatic rings. The molecule has 3 rings (SSSR count). The molecule has 2 aromatic heterocycles. The highest BCUT2D eigenvalue weighted by Crippen LogP contribution is 2.11. The van der Waals surface area contributed by atoms with E-state index in [1.54, 1.807) is 18.2 Å². The third-order valence-electron chi connectivity index (χ3n) is 2.38. The topological polar surface area (TPSA) is 138 Å². The number of fused-ring (bicyclic) bond motifs is 1. The number of carbonyl (C=O) groups is 1. The van der Waals surface area contributed by atoms with Gasteiger partial charge in [0, 0.05) is 0 Å². The minimum Gasteiger partial charge on any atom is -0.507 e. The Morgan fingerprint density at radius 2 is 2.05 bits per heavy atom. The number of rotatable bonds is 1. The molecular formula is C12H11N5O3. The van der Waals surface area contributed by atoms with Crippen LogP contribution in [0.3, 0.4) is 0 Å². The molecule has 0 aliphatic heterocycles. The van der Waals surface area contributed by atoms with Gasteiger partial charge in [-0.3, -0.25) is 14.6 Å². The second-order valence-electron chi connectivity index (χ2n) is 3.73. The minimum absolute atomic E-state index is 0.0347. The number of nitrogens with zero attached hydrogens (tertiary/aromatic N) is 2. The zero-order valence-electron chi connectivity index (χ0n) is 10.2. The quantitative estimate of drug-likeness (QED) is 0.474. The van der Waals surface area contributed by atoms with Gasteiger partial charge >= 0.3 is 0 Å². The summed E-state index contributed by atoms with van der Waals surface area (Å²) >= 11 is 0. The highest BCUT2D eigenvalue weighted by molar-refractivity contribution is 5.78. The van der Waals surface area contributed by atoms with Crippen molar-refractivity contribution < 1.29 is 9.90 Å². The number of aromatic hydroxyl groups is 1. The number of hydrogen-bond donors (Lipinski definition) is 4. The van der Waals surface area contributed by atoms with Crippen molar-refractivity contribution in [1.82, 2.24) is 19.9 Å². The van der Waals surface area contributed by atoms with Crippen molar-refractivity contribution in [3.05, 3.63) is 46.5 Å². The number of para-hydroxylation sites is 1. The summed E-state index contributed by atoms with van der Waals surface area (Å²) in [5, 5.41) is 8.88. The van der Waals surface area contributed by atoms with Crippen LogP contribution >= 0.6 is 0 Å². The van der Waals surface area contributed by atoms with Crippen molar-refractivity contribution in [1.29, 1.82) is 0 Å². The summed E-state index contributed by atoms with van der Waals surface area (Å²) in [6.07, 6.45) is 2.02. The van der Waals surface area contributed by atoms with Crippen LogP contribution in [-0.2, 0) is 0 Å². The van der Waals surface area contributed by atoms with Crippen LogP contribution in [-0.4, -0.2) is 31.3 Å². The first-order valence-corrected chi connectivity index (χ1v) is 5.54. The lowest BCUT2D eigenvalue weighted by Gasteiger charge is -1.91. The molecule has 0 aliphatic carbocycles. The molecule has 0 fully saturated rings. The van der Waals surface area contributed by atoms with Crippen LogP contribution in [0, 0.1) is 0 Å². The lowest BCUT2D eigenvalue weighted by atomic mass is 10.2. The van der Waals surface area contributed by atoms with E-state index < -0.39 is 0 Å². The van der Waals surface area contributed by atoms with Gasteiger partial charge in [0.05, 0.1) is 11.9 Å². The standard InChI is InChI=1S/C7H6O2.C5H5N5O/c8-5-6-3-1-2-4-7(6)9;6-5-9-3-2(4(11)10-5)7-1-8-3/h1-5,9H;1H,(H4,6,7,8,9,10,11). The third-order valence-corrected chi connectivity index (χ3v) is 2.38. The van der Waals surface area contributed by atoms with Gasteiger partial charge in [-0.2, -0.15) is 4.98 Å². The first-order chi connectivity index (χ1) is 9.61. The van der Waals surface area contributed by atoms with Crippen molar-refractivity contribution in [3.8, 4) is 5.75 Å². The van der Waals surface area contributed by atoms with Crippen LogP contribution in [0.2, 0.25) is 0 Å². The molecule has 0 saturated carbocycles. The fourth-order valence-corrected chi connectivity index (χ4v) is 1.45. The highest BCUT2D eigenvalue weighted by Gasteiger charge is 2.01. The zero-order chi connectivity index (χ0) is 14.5. The number of aromatic nitrogens is 4. The van der Waals surface area contributed by atoms with E-state index in [4.69, 9.17) is 10.8 Å². The first kappa shape index (κ1) is 13.3. The Morgan fingerprint density at radius 1 is 1.30 bits per heavy atom. The molecule has 0 bridgehead atoms. The maximum absolute atomic E-state index is 11.0. The molecular weight excluding hydrogens is 262 g/mol. The fraction of sp³-hybridized carbons (Fsp3) is 0. The molecule has 2 heterocycles. The summed E-state index contributed by atoms with van der Waals surface area (Å²) in [4.78, 5) is 33.6. The van der Waals surface area contributed by atoms with Crippen LogP contribution in [0.5, 0.6) is 5.75 Å². The Bertz CT molecular complexity index is 793. The Morgan fingerprint density at radius 3 is 2.70 bits per heavy atom. The number of nitrogen functional groups attached to an aromatic ring is 1. The van der Waals surface area contributed by atoms with E-state index in [1.807, 2.05) is 0 Å². The second kappa shape index (κ2) is 5.65. The van der Waals surface area contributed by atoms with Gasteiger partial charge in [-0.25, -0.2) is 4.98 Å². The van der Waals surface area contributed by atoms with Crippen molar-refractivity contribution in [2.45, 2.75) is 0 Å². The summed E-state index contributed by atoms with van der Waals surface area (Å²) in [5.74, 6) is 0.113. The van der Waals surface area contributed by atoms with Crippen molar-refractivity contribution in [2.75, 3.05) is 5.73 Å². The molecule has 102 valence electrons. The smallest absolute Gasteiger partial charge is 0.278 e.